The molecule has 9 heteroatoms. The molecule has 0 unspecified atom stereocenters. The standard InChI is InChI=1S/C9H11Cl3O6/c10-1-7(13)16-4-6(18-9(15)3-12)5-17-8(14)2-11/h6H,1-5H2. The molecule has 6 nitrogen and oxygen atoms in total. The molecule has 0 aliphatic carbocycles. The van der Waals surface area contributed by atoms with Gasteiger partial charge in [0.05, 0.1) is 0 Å². The average molecular weight is 322 g/mol. The third kappa shape index (κ3) is 8.38. The number of hydrogen-bond acceptors (Lipinski definition) is 6. The fraction of sp³-hybridized carbons (Fsp3) is 0.667. The fourth-order valence-corrected chi connectivity index (χ4v) is 1.000. The van der Waals surface area contributed by atoms with Crippen molar-refractivity contribution in [3.05, 3.63) is 0 Å². The zero-order valence-corrected chi connectivity index (χ0v) is 11.5. The maximum absolute atomic E-state index is 11.0. The Morgan fingerprint density at radius 2 is 1.17 bits per heavy atom. The first kappa shape index (κ1) is 17.3. The van der Waals surface area contributed by atoms with Crippen molar-refractivity contribution < 1.29 is 28.6 Å². The summed E-state index contributed by atoms with van der Waals surface area (Å²) in [5.41, 5.74) is 0. The third-order valence-electron chi connectivity index (χ3n) is 1.49. The molecule has 0 aromatic carbocycles. The van der Waals surface area contributed by atoms with Crippen molar-refractivity contribution in [1.29, 1.82) is 0 Å². The second kappa shape index (κ2) is 10.2. The van der Waals surface area contributed by atoms with E-state index in [9.17, 15) is 14.4 Å². The molecule has 0 amide bonds. The molecule has 0 radical (unpaired) electrons. The van der Waals surface area contributed by atoms with Gasteiger partial charge in [-0.25, -0.2) is 0 Å². The van der Waals surface area contributed by atoms with Crippen LogP contribution in [0.1, 0.15) is 0 Å². The molecule has 0 heterocycles. The van der Waals surface area contributed by atoms with Gasteiger partial charge in [0.15, 0.2) is 6.10 Å². The molecule has 0 bridgehead atoms. The minimum absolute atomic E-state index is 0.288. The molecule has 0 aliphatic rings. The highest BCUT2D eigenvalue weighted by molar-refractivity contribution is 6.27. The molecule has 0 aromatic heterocycles. The Morgan fingerprint density at radius 3 is 1.50 bits per heavy atom. The molecule has 0 N–H and O–H groups in total. The summed E-state index contributed by atoms with van der Waals surface area (Å²) in [6, 6.07) is 0. The van der Waals surface area contributed by atoms with Crippen molar-refractivity contribution in [1.82, 2.24) is 0 Å². The van der Waals surface area contributed by atoms with Gasteiger partial charge >= 0.3 is 17.9 Å². The molecule has 0 saturated heterocycles. The van der Waals surface area contributed by atoms with Crippen molar-refractivity contribution in [2.24, 2.45) is 0 Å². The molecule has 0 fully saturated rings. The Balaban J connectivity index is 4.19. The lowest BCUT2D eigenvalue weighted by Crippen LogP contribution is -2.31. The van der Waals surface area contributed by atoms with Crippen molar-refractivity contribution >= 4 is 52.7 Å². The molecule has 0 atom stereocenters. The lowest BCUT2D eigenvalue weighted by molar-refractivity contribution is -0.163. The van der Waals surface area contributed by atoms with Crippen LogP contribution in [0.5, 0.6) is 0 Å². The number of carbonyl (C=O) groups is 3. The fourth-order valence-electron chi connectivity index (χ4n) is 0.782. The number of halogens is 3. The maximum atomic E-state index is 11.0. The highest BCUT2D eigenvalue weighted by Crippen LogP contribution is 1.99. The largest absolute Gasteiger partial charge is 0.461 e. The number of esters is 3. The average Bonchev–Trinajstić information content (AvgIpc) is 2.40. The molecule has 0 saturated carbocycles. The smallest absolute Gasteiger partial charge is 0.321 e. The van der Waals surface area contributed by atoms with Crippen LogP contribution in [-0.2, 0) is 28.6 Å². The van der Waals surface area contributed by atoms with Gasteiger partial charge in [-0.15, -0.1) is 34.8 Å². The minimum atomic E-state index is -0.949. The summed E-state index contributed by atoms with van der Waals surface area (Å²) in [5.74, 6) is -3.15. The molecule has 104 valence electrons. The number of ether oxygens (including phenoxy) is 3. The number of carbonyl (C=O) groups excluding carboxylic acids is 3. The van der Waals surface area contributed by atoms with Crippen molar-refractivity contribution in [2.45, 2.75) is 6.10 Å². The van der Waals surface area contributed by atoms with E-state index in [0.717, 1.165) is 0 Å². The van der Waals surface area contributed by atoms with E-state index in [1.54, 1.807) is 0 Å². The molecular formula is C9H11Cl3O6. The summed E-state index contributed by atoms with van der Waals surface area (Å²) < 4.78 is 14.1. The quantitative estimate of drug-likeness (QED) is 0.372. The molecule has 0 spiro atoms. The van der Waals surface area contributed by atoms with Gasteiger partial charge in [0.1, 0.15) is 30.9 Å². The molecule has 18 heavy (non-hydrogen) atoms. The Labute approximate surface area is 118 Å². The summed E-state index contributed by atoms with van der Waals surface area (Å²) in [4.78, 5) is 32.6. The summed E-state index contributed by atoms with van der Waals surface area (Å²) >= 11 is 15.7. The van der Waals surface area contributed by atoms with Crippen LogP contribution in [0.25, 0.3) is 0 Å². The normalized spacial score (nSPS) is 10.0. The molecule has 0 aliphatic heterocycles. The maximum Gasteiger partial charge on any atom is 0.321 e. The van der Waals surface area contributed by atoms with Gasteiger partial charge in [-0.05, 0) is 0 Å². The summed E-state index contributed by atoms with van der Waals surface area (Å²) in [7, 11) is 0. The van der Waals surface area contributed by atoms with Gasteiger partial charge in [0, 0.05) is 0 Å². The van der Waals surface area contributed by atoms with Gasteiger partial charge in [-0.3, -0.25) is 14.4 Å². The summed E-state index contributed by atoms with van der Waals surface area (Å²) in [6.45, 7) is -0.576. The van der Waals surface area contributed by atoms with E-state index in [1.807, 2.05) is 0 Å². The predicted molar refractivity (Wildman–Crippen MR) is 64.0 cm³/mol. The van der Waals surface area contributed by atoms with Crippen molar-refractivity contribution in [3.63, 3.8) is 0 Å². The first-order valence-electron chi connectivity index (χ1n) is 4.72. The van der Waals surface area contributed by atoms with Gasteiger partial charge in [-0.1, -0.05) is 0 Å². The first-order chi connectivity index (χ1) is 8.53. The lowest BCUT2D eigenvalue weighted by atomic mass is 10.4. The van der Waals surface area contributed by atoms with E-state index in [1.165, 1.54) is 0 Å². The van der Waals surface area contributed by atoms with E-state index < -0.39 is 24.0 Å². The first-order valence-corrected chi connectivity index (χ1v) is 6.32. The minimum Gasteiger partial charge on any atom is -0.461 e. The lowest BCUT2D eigenvalue weighted by Gasteiger charge is -2.16. The van der Waals surface area contributed by atoms with E-state index in [4.69, 9.17) is 39.5 Å². The monoisotopic (exact) mass is 320 g/mol. The van der Waals surface area contributed by atoms with Crippen LogP contribution in [0.2, 0.25) is 0 Å². The Morgan fingerprint density at radius 1 is 0.778 bits per heavy atom. The predicted octanol–water partition coefficient (Wildman–Crippen LogP) is 0.701. The summed E-state index contributed by atoms with van der Waals surface area (Å²) in [5, 5.41) is 0. The van der Waals surface area contributed by atoms with Crippen LogP contribution in [0.15, 0.2) is 0 Å². The van der Waals surface area contributed by atoms with E-state index in [2.05, 4.69) is 9.47 Å². The van der Waals surface area contributed by atoms with Crippen LogP contribution >= 0.6 is 34.8 Å². The van der Waals surface area contributed by atoms with Crippen molar-refractivity contribution in [2.75, 3.05) is 30.9 Å². The van der Waals surface area contributed by atoms with Gasteiger partial charge in [-0.2, -0.15) is 0 Å². The van der Waals surface area contributed by atoms with Crippen LogP contribution < -0.4 is 0 Å². The second-order valence-electron chi connectivity index (χ2n) is 2.88. The zero-order chi connectivity index (χ0) is 14.0. The van der Waals surface area contributed by atoms with Crippen LogP contribution in [0.4, 0.5) is 0 Å². The Kier molecular flexibility index (Phi) is 9.82. The number of alkyl halides is 3. The van der Waals surface area contributed by atoms with E-state index >= 15 is 0 Å². The molecule has 0 rings (SSSR count). The molecular weight excluding hydrogens is 310 g/mol. The SMILES string of the molecule is O=C(CCl)OCC(COC(=O)CCl)OC(=O)CCl. The Bertz CT molecular complexity index is 276. The van der Waals surface area contributed by atoms with E-state index in [-0.39, 0.29) is 30.9 Å². The van der Waals surface area contributed by atoms with Crippen LogP contribution in [-0.4, -0.2) is 54.9 Å². The summed E-state index contributed by atoms with van der Waals surface area (Å²) in [6.07, 6.45) is -0.949. The van der Waals surface area contributed by atoms with Crippen LogP contribution in [0, 0.1) is 0 Å². The highest BCUT2D eigenvalue weighted by Gasteiger charge is 2.18. The van der Waals surface area contributed by atoms with E-state index in [0.29, 0.717) is 0 Å². The highest BCUT2D eigenvalue weighted by atomic mass is 35.5. The van der Waals surface area contributed by atoms with Gasteiger partial charge < -0.3 is 14.2 Å². The number of hydrogen-bond donors (Lipinski definition) is 0. The third-order valence-corrected chi connectivity index (χ3v) is 2.14. The van der Waals surface area contributed by atoms with Gasteiger partial charge in [0.25, 0.3) is 0 Å². The van der Waals surface area contributed by atoms with Crippen molar-refractivity contribution in [3.8, 4) is 0 Å². The Hall–Kier alpha value is -0.720. The zero-order valence-electron chi connectivity index (χ0n) is 9.20. The van der Waals surface area contributed by atoms with Gasteiger partial charge in [0.2, 0.25) is 0 Å². The number of rotatable bonds is 8. The second-order valence-corrected chi connectivity index (χ2v) is 3.68. The molecule has 0 aromatic rings. The topological polar surface area (TPSA) is 78.9 Å². The van der Waals surface area contributed by atoms with Crippen LogP contribution in [0.3, 0.4) is 0 Å².